The van der Waals surface area contributed by atoms with E-state index in [1.165, 1.54) is 41.0 Å². The van der Waals surface area contributed by atoms with E-state index in [2.05, 4.69) is 15.5 Å². The van der Waals surface area contributed by atoms with Crippen molar-refractivity contribution < 1.29 is 17.9 Å². The van der Waals surface area contributed by atoms with Gasteiger partial charge in [0.1, 0.15) is 15.7 Å². The Morgan fingerprint density at radius 1 is 1.25 bits per heavy atom. The summed E-state index contributed by atoms with van der Waals surface area (Å²) in [4.78, 5) is 12.6. The number of anilines is 1. The summed E-state index contributed by atoms with van der Waals surface area (Å²) in [6.45, 7) is 6.78. The van der Waals surface area contributed by atoms with Gasteiger partial charge in [0.25, 0.3) is 5.91 Å². The minimum atomic E-state index is -3.79. The van der Waals surface area contributed by atoms with E-state index >= 15 is 0 Å². The van der Waals surface area contributed by atoms with Crippen molar-refractivity contribution in [2.45, 2.75) is 32.1 Å². The Bertz CT molecular complexity index is 964. The number of nitrogens with one attached hydrogen (secondary N) is 1. The fourth-order valence-corrected chi connectivity index (χ4v) is 5.92. The quantitative estimate of drug-likeness (QED) is 0.792. The standard InChI is InChI=1S/C18H24N4O4S2/c1-11-7-12(2)10-22(9-11)28(24,25)16-8-14(5-6-15(16)26-4)17(23)19-18-21-20-13(3)27-18/h5-6,8,11-12H,7,9-10H2,1-4H3,(H,19,21,23)/t11-,12-/m1/s1. The van der Waals surface area contributed by atoms with E-state index in [0.29, 0.717) is 18.2 Å². The predicted octanol–water partition coefficient (Wildman–Crippen LogP) is 2.77. The molecule has 2 aromatic rings. The van der Waals surface area contributed by atoms with Gasteiger partial charge in [-0.2, -0.15) is 4.31 Å². The number of carbonyl (C=O) groups is 1. The van der Waals surface area contributed by atoms with Crippen molar-refractivity contribution in [1.29, 1.82) is 0 Å². The highest BCUT2D eigenvalue weighted by Crippen LogP contribution is 2.32. The van der Waals surface area contributed by atoms with Gasteiger partial charge in [0, 0.05) is 18.7 Å². The zero-order valence-corrected chi connectivity index (χ0v) is 17.9. The second-order valence-corrected chi connectivity index (χ2v) is 10.3. The first kappa shape index (κ1) is 20.7. The Hall–Kier alpha value is -2.04. The van der Waals surface area contributed by atoms with Gasteiger partial charge in [-0.1, -0.05) is 25.2 Å². The monoisotopic (exact) mass is 424 g/mol. The maximum Gasteiger partial charge on any atom is 0.257 e. The number of piperidine rings is 1. The minimum Gasteiger partial charge on any atom is -0.495 e. The molecule has 1 saturated heterocycles. The largest absolute Gasteiger partial charge is 0.495 e. The molecule has 1 amide bonds. The normalized spacial score (nSPS) is 20.7. The molecule has 1 aromatic heterocycles. The fraction of sp³-hybridized carbons (Fsp3) is 0.500. The van der Waals surface area contributed by atoms with Gasteiger partial charge < -0.3 is 4.74 Å². The Morgan fingerprint density at radius 2 is 1.93 bits per heavy atom. The van der Waals surface area contributed by atoms with Crippen molar-refractivity contribution in [2.75, 3.05) is 25.5 Å². The van der Waals surface area contributed by atoms with Crippen LogP contribution < -0.4 is 10.1 Å². The summed E-state index contributed by atoms with van der Waals surface area (Å²) >= 11 is 1.25. The molecule has 3 rings (SSSR count). The average molecular weight is 425 g/mol. The maximum atomic E-state index is 13.3. The van der Waals surface area contributed by atoms with Crippen LogP contribution >= 0.6 is 11.3 Å². The van der Waals surface area contributed by atoms with Crippen molar-refractivity contribution in [3.8, 4) is 5.75 Å². The molecule has 0 aliphatic carbocycles. The molecule has 152 valence electrons. The molecule has 28 heavy (non-hydrogen) atoms. The Balaban J connectivity index is 1.93. The van der Waals surface area contributed by atoms with Gasteiger partial charge in [0.05, 0.1) is 7.11 Å². The third-order valence-electron chi connectivity index (χ3n) is 4.63. The number of aromatic nitrogens is 2. The summed E-state index contributed by atoms with van der Waals surface area (Å²) in [5.74, 6) is 0.318. The van der Waals surface area contributed by atoms with Crippen LogP contribution in [0.15, 0.2) is 23.1 Å². The lowest BCUT2D eigenvalue weighted by Gasteiger charge is -2.34. The molecule has 8 nitrogen and oxygen atoms in total. The molecule has 0 spiro atoms. The number of hydrogen-bond acceptors (Lipinski definition) is 7. The second kappa shape index (κ2) is 8.14. The number of benzene rings is 1. The van der Waals surface area contributed by atoms with Crippen LogP contribution in [0.2, 0.25) is 0 Å². The van der Waals surface area contributed by atoms with Gasteiger partial charge in [0.2, 0.25) is 15.2 Å². The SMILES string of the molecule is COc1ccc(C(=O)Nc2nnc(C)s2)cc1S(=O)(=O)N1C[C@H](C)C[C@@H](C)C1. The van der Waals surface area contributed by atoms with Crippen LogP contribution in [-0.2, 0) is 10.0 Å². The number of methoxy groups -OCH3 is 1. The molecular formula is C18H24N4O4S2. The van der Waals surface area contributed by atoms with E-state index in [4.69, 9.17) is 4.74 Å². The highest BCUT2D eigenvalue weighted by atomic mass is 32.2. The number of hydrogen-bond donors (Lipinski definition) is 1. The minimum absolute atomic E-state index is 0.00241. The molecule has 0 bridgehead atoms. The summed E-state index contributed by atoms with van der Waals surface area (Å²) in [5.41, 5.74) is 0.213. The zero-order valence-electron chi connectivity index (χ0n) is 16.3. The van der Waals surface area contributed by atoms with Crippen LogP contribution in [0.1, 0.15) is 35.6 Å². The maximum absolute atomic E-state index is 13.3. The van der Waals surface area contributed by atoms with Crippen molar-refractivity contribution >= 4 is 32.4 Å². The van der Waals surface area contributed by atoms with E-state index in [1.54, 1.807) is 6.92 Å². The molecule has 0 saturated carbocycles. The predicted molar refractivity (Wildman–Crippen MR) is 107 cm³/mol. The first-order chi connectivity index (χ1) is 13.2. The Kier molecular flexibility index (Phi) is 6.01. The summed E-state index contributed by atoms with van der Waals surface area (Å²) in [5, 5.41) is 11.4. The second-order valence-electron chi connectivity index (χ2n) is 7.21. The van der Waals surface area contributed by atoms with Crippen molar-refractivity contribution in [3.05, 3.63) is 28.8 Å². The van der Waals surface area contributed by atoms with E-state index in [0.717, 1.165) is 11.4 Å². The number of amides is 1. The molecule has 2 atom stereocenters. The van der Waals surface area contributed by atoms with Crippen LogP contribution in [0.5, 0.6) is 5.75 Å². The molecule has 1 N–H and O–H groups in total. The summed E-state index contributed by atoms with van der Waals surface area (Å²) in [6.07, 6.45) is 0.993. The number of nitrogens with zero attached hydrogens (tertiary/aromatic N) is 3. The molecule has 10 heteroatoms. The average Bonchev–Trinajstić information content (AvgIpc) is 3.05. The van der Waals surface area contributed by atoms with E-state index in [-0.39, 0.29) is 28.0 Å². The molecule has 1 aliphatic rings. The molecule has 2 heterocycles. The van der Waals surface area contributed by atoms with Crippen LogP contribution in [0.25, 0.3) is 0 Å². The highest BCUT2D eigenvalue weighted by molar-refractivity contribution is 7.89. The lowest BCUT2D eigenvalue weighted by atomic mass is 9.94. The molecule has 1 fully saturated rings. The van der Waals surface area contributed by atoms with Gasteiger partial charge in [0.15, 0.2) is 0 Å². The number of ether oxygens (including phenoxy) is 1. The van der Waals surface area contributed by atoms with Crippen LogP contribution in [-0.4, -0.2) is 49.0 Å². The topological polar surface area (TPSA) is 101 Å². The van der Waals surface area contributed by atoms with Gasteiger partial charge >= 0.3 is 0 Å². The number of aryl methyl sites for hydroxylation is 1. The van der Waals surface area contributed by atoms with Crippen molar-refractivity contribution in [1.82, 2.24) is 14.5 Å². The molecule has 1 aliphatic heterocycles. The van der Waals surface area contributed by atoms with Gasteiger partial charge in [-0.3, -0.25) is 10.1 Å². The zero-order chi connectivity index (χ0) is 20.5. The van der Waals surface area contributed by atoms with Gasteiger partial charge in [-0.15, -0.1) is 10.2 Å². The van der Waals surface area contributed by atoms with E-state index in [1.807, 2.05) is 13.8 Å². The Morgan fingerprint density at radius 3 is 2.50 bits per heavy atom. The number of rotatable bonds is 5. The first-order valence-electron chi connectivity index (χ1n) is 9.00. The fourth-order valence-electron chi connectivity index (χ4n) is 3.48. The van der Waals surface area contributed by atoms with E-state index in [9.17, 15) is 13.2 Å². The lowest BCUT2D eigenvalue weighted by molar-refractivity contribution is 0.102. The van der Waals surface area contributed by atoms with Gasteiger partial charge in [-0.25, -0.2) is 8.42 Å². The van der Waals surface area contributed by atoms with E-state index < -0.39 is 15.9 Å². The lowest BCUT2D eigenvalue weighted by Crippen LogP contribution is -2.42. The van der Waals surface area contributed by atoms with Crippen LogP contribution in [0.3, 0.4) is 0 Å². The Labute approximate surface area is 169 Å². The van der Waals surface area contributed by atoms with Crippen LogP contribution in [0, 0.1) is 18.8 Å². The molecule has 0 radical (unpaired) electrons. The van der Waals surface area contributed by atoms with Crippen molar-refractivity contribution in [2.24, 2.45) is 11.8 Å². The summed E-state index contributed by atoms with van der Waals surface area (Å²) in [7, 11) is -2.38. The summed E-state index contributed by atoms with van der Waals surface area (Å²) in [6, 6.07) is 4.40. The van der Waals surface area contributed by atoms with Crippen molar-refractivity contribution in [3.63, 3.8) is 0 Å². The van der Waals surface area contributed by atoms with Crippen LogP contribution in [0.4, 0.5) is 5.13 Å². The number of sulfonamides is 1. The first-order valence-corrected chi connectivity index (χ1v) is 11.3. The number of carbonyl (C=O) groups excluding carboxylic acids is 1. The third-order valence-corrected chi connectivity index (χ3v) is 7.23. The molecule has 0 unspecified atom stereocenters. The third kappa shape index (κ3) is 4.34. The van der Waals surface area contributed by atoms with Gasteiger partial charge in [-0.05, 0) is 43.4 Å². The smallest absolute Gasteiger partial charge is 0.257 e. The summed E-state index contributed by atoms with van der Waals surface area (Å²) < 4.78 is 33.3. The highest BCUT2D eigenvalue weighted by Gasteiger charge is 2.34. The molecule has 1 aromatic carbocycles. The molecular weight excluding hydrogens is 400 g/mol.